The average molecular weight is 288 g/mol. The monoisotopic (exact) mass is 288 g/mol. The van der Waals surface area contributed by atoms with Crippen LogP contribution in [0.25, 0.3) is 0 Å². The molecule has 0 amide bonds. The third kappa shape index (κ3) is 3.28. The van der Waals surface area contributed by atoms with Gasteiger partial charge in [0.1, 0.15) is 5.75 Å². The summed E-state index contributed by atoms with van der Waals surface area (Å²) in [4.78, 5) is 22.4. The predicted octanol–water partition coefficient (Wildman–Crippen LogP) is 2.81. The van der Waals surface area contributed by atoms with Crippen LogP contribution in [0.3, 0.4) is 0 Å². The molecule has 0 spiro atoms. The molecular formula is C15H16N2O4. The second kappa shape index (κ2) is 5.78. The van der Waals surface area contributed by atoms with E-state index in [1.807, 2.05) is 7.05 Å². The number of benzene rings is 1. The van der Waals surface area contributed by atoms with E-state index in [9.17, 15) is 14.9 Å². The summed E-state index contributed by atoms with van der Waals surface area (Å²) in [5.41, 5.74) is 1.77. The molecule has 21 heavy (non-hydrogen) atoms. The lowest BCUT2D eigenvalue weighted by molar-refractivity contribution is -0.385. The Morgan fingerprint density at radius 3 is 2.62 bits per heavy atom. The first-order chi connectivity index (χ1) is 9.88. The Bertz CT molecular complexity index is 704. The Morgan fingerprint density at radius 1 is 1.33 bits per heavy atom. The summed E-state index contributed by atoms with van der Waals surface area (Å²) in [7, 11) is 1.83. The highest BCUT2D eigenvalue weighted by molar-refractivity contribution is 5.97. The fourth-order valence-electron chi connectivity index (χ4n) is 2.02. The lowest BCUT2D eigenvalue weighted by atomic mass is 10.1. The number of Topliss-reactive ketones (excluding diaryl/α,β-unsaturated/α-hetero) is 1. The van der Waals surface area contributed by atoms with E-state index in [-0.39, 0.29) is 18.1 Å². The zero-order chi connectivity index (χ0) is 15.6. The molecule has 0 aliphatic carbocycles. The Balaban J connectivity index is 2.12. The molecule has 1 aromatic heterocycles. The van der Waals surface area contributed by atoms with Gasteiger partial charge in [0.05, 0.1) is 4.92 Å². The van der Waals surface area contributed by atoms with Crippen molar-refractivity contribution in [3.8, 4) is 5.75 Å². The summed E-state index contributed by atoms with van der Waals surface area (Å²) in [6.45, 7) is 3.26. The van der Waals surface area contributed by atoms with Gasteiger partial charge in [0.25, 0.3) is 5.69 Å². The van der Waals surface area contributed by atoms with Crippen LogP contribution in [-0.2, 0) is 7.05 Å². The topological polar surface area (TPSA) is 74.4 Å². The number of hydrogen-bond acceptors (Lipinski definition) is 4. The van der Waals surface area contributed by atoms with Crippen molar-refractivity contribution in [3.63, 3.8) is 0 Å². The van der Waals surface area contributed by atoms with Gasteiger partial charge in [0.2, 0.25) is 5.78 Å². The van der Waals surface area contributed by atoms with E-state index in [0.717, 1.165) is 0 Å². The van der Waals surface area contributed by atoms with Crippen LogP contribution in [0.2, 0.25) is 0 Å². The molecule has 0 atom stereocenters. The van der Waals surface area contributed by atoms with Crippen LogP contribution in [0.5, 0.6) is 5.75 Å². The van der Waals surface area contributed by atoms with Crippen molar-refractivity contribution in [1.29, 1.82) is 0 Å². The zero-order valence-electron chi connectivity index (χ0n) is 12.1. The quantitative estimate of drug-likeness (QED) is 0.481. The highest BCUT2D eigenvalue weighted by Gasteiger charge is 2.15. The molecule has 1 aromatic carbocycles. The first kappa shape index (κ1) is 14.8. The van der Waals surface area contributed by atoms with Crippen LogP contribution in [0.15, 0.2) is 30.6 Å². The van der Waals surface area contributed by atoms with Gasteiger partial charge in [-0.15, -0.1) is 0 Å². The normalized spacial score (nSPS) is 10.4. The molecule has 0 aliphatic heterocycles. The minimum Gasteiger partial charge on any atom is -0.485 e. The molecule has 0 fully saturated rings. The number of nitro groups is 1. The third-order valence-electron chi connectivity index (χ3n) is 3.20. The Kier molecular flexibility index (Phi) is 4.07. The fourth-order valence-corrected chi connectivity index (χ4v) is 2.02. The summed E-state index contributed by atoms with van der Waals surface area (Å²) < 4.78 is 7.28. The number of carbonyl (C=O) groups excluding carboxylic acids is 1. The number of hydrogen-bond donors (Lipinski definition) is 0. The Hall–Kier alpha value is -2.63. The number of carbonyl (C=O) groups is 1. The average Bonchev–Trinajstić information content (AvgIpc) is 2.85. The summed E-state index contributed by atoms with van der Waals surface area (Å²) in [5.74, 6) is 0.355. The molecule has 0 radical (unpaired) electrons. The van der Waals surface area contributed by atoms with Gasteiger partial charge in [0, 0.05) is 36.6 Å². The molecule has 0 aliphatic rings. The van der Waals surface area contributed by atoms with Gasteiger partial charge in [-0.3, -0.25) is 14.9 Å². The van der Waals surface area contributed by atoms with Gasteiger partial charge < -0.3 is 9.30 Å². The molecule has 6 nitrogen and oxygen atoms in total. The number of ether oxygens (including phenoxy) is 1. The lowest BCUT2D eigenvalue weighted by Crippen LogP contribution is -2.11. The predicted molar refractivity (Wildman–Crippen MR) is 77.8 cm³/mol. The summed E-state index contributed by atoms with van der Waals surface area (Å²) in [6, 6.07) is 4.77. The van der Waals surface area contributed by atoms with Gasteiger partial charge in [0.15, 0.2) is 6.61 Å². The number of rotatable bonds is 5. The fraction of sp³-hybridized carbons (Fsp3) is 0.267. The van der Waals surface area contributed by atoms with Gasteiger partial charge >= 0.3 is 0 Å². The highest BCUT2D eigenvalue weighted by Crippen LogP contribution is 2.27. The highest BCUT2D eigenvalue weighted by atomic mass is 16.6. The van der Waals surface area contributed by atoms with Crippen molar-refractivity contribution in [2.24, 2.45) is 7.05 Å². The minimum absolute atomic E-state index is 0.0502. The SMILES string of the molecule is Cc1cc([N+](=O)[O-])c(C)cc1OCC(=O)c1ccn(C)c1. The van der Waals surface area contributed by atoms with Crippen molar-refractivity contribution < 1.29 is 14.5 Å². The minimum atomic E-state index is -0.429. The van der Waals surface area contributed by atoms with E-state index in [4.69, 9.17) is 4.74 Å². The second-order valence-corrected chi connectivity index (χ2v) is 4.94. The summed E-state index contributed by atoms with van der Waals surface area (Å²) in [6.07, 6.45) is 3.51. The van der Waals surface area contributed by atoms with Crippen molar-refractivity contribution in [2.75, 3.05) is 6.61 Å². The first-order valence-corrected chi connectivity index (χ1v) is 6.42. The first-order valence-electron chi connectivity index (χ1n) is 6.42. The van der Waals surface area contributed by atoms with Crippen LogP contribution in [-0.4, -0.2) is 21.9 Å². The van der Waals surface area contributed by atoms with Crippen LogP contribution in [0, 0.1) is 24.0 Å². The van der Waals surface area contributed by atoms with Crippen LogP contribution in [0.4, 0.5) is 5.69 Å². The number of aryl methyl sites for hydroxylation is 3. The van der Waals surface area contributed by atoms with E-state index in [0.29, 0.717) is 22.4 Å². The number of nitrogens with zero attached hydrogens (tertiary/aromatic N) is 2. The van der Waals surface area contributed by atoms with Crippen LogP contribution >= 0.6 is 0 Å². The maximum absolute atomic E-state index is 12.0. The zero-order valence-corrected chi connectivity index (χ0v) is 12.1. The standard InChI is InChI=1S/C15H16N2O4/c1-10-7-15(11(2)6-13(10)17(19)20)21-9-14(18)12-4-5-16(3)8-12/h4-8H,9H2,1-3H3. The van der Waals surface area contributed by atoms with Crippen molar-refractivity contribution in [2.45, 2.75) is 13.8 Å². The molecule has 0 saturated carbocycles. The number of nitro benzene ring substituents is 1. The molecular weight excluding hydrogens is 272 g/mol. The van der Waals surface area contributed by atoms with Crippen LogP contribution in [0.1, 0.15) is 21.5 Å². The van der Waals surface area contributed by atoms with E-state index in [2.05, 4.69) is 0 Å². The molecule has 110 valence electrons. The molecule has 6 heteroatoms. The summed E-state index contributed by atoms with van der Waals surface area (Å²) >= 11 is 0. The van der Waals surface area contributed by atoms with E-state index < -0.39 is 4.92 Å². The molecule has 2 aromatic rings. The molecule has 0 bridgehead atoms. The van der Waals surface area contributed by atoms with Crippen LogP contribution < -0.4 is 4.74 Å². The smallest absolute Gasteiger partial charge is 0.272 e. The number of aromatic nitrogens is 1. The number of ketones is 1. The van der Waals surface area contributed by atoms with E-state index >= 15 is 0 Å². The Morgan fingerprint density at radius 2 is 2.05 bits per heavy atom. The van der Waals surface area contributed by atoms with Gasteiger partial charge in [-0.2, -0.15) is 0 Å². The largest absolute Gasteiger partial charge is 0.485 e. The molecule has 0 saturated heterocycles. The summed E-state index contributed by atoms with van der Waals surface area (Å²) in [5, 5.41) is 10.8. The van der Waals surface area contributed by atoms with Gasteiger partial charge in [-0.25, -0.2) is 0 Å². The third-order valence-corrected chi connectivity index (χ3v) is 3.20. The van der Waals surface area contributed by atoms with E-state index in [1.54, 1.807) is 42.9 Å². The molecule has 1 heterocycles. The maximum Gasteiger partial charge on any atom is 0.272 e. The lowest BCUT2D eigenvalue weighted by Gasteiger charge is -2.09. The second-order valence-electron chi connectivity index (χ2n) is 4.94. The van der Waals surface area contributed by atoms with E-state index in [1.165, 1.54) is 6.07 Å². The Labute approximate surface area is 122 Å². The molecule has 0 N–H and O–H groups in total. The van der Waals surface area contributed by atoms with Crippen molar-refractivity contribution in [1.82, 2.24) is 4.57 Å². The van der Waals surface area contributed by atoms with Gasteiger partial charge in [-0.05, 0) is 31.5 Å². The molecule has 0 unspecified atom stereocenters. The van der Waals surface area contributed by atoms with Crippen molar-refractivity contribution >= 4 is 11.5 Å². The van der Waals surface area contributed by atoms with Gasteiger partial charge in [-0.1, -0.05) is 0 Å². The molecule has 2 rings (SSSR count). The maximum atomic E-state index is 12.0. The van der Waals surface area contributed by atoms with Crippen molar-refractivity contribution in [3.05, 3.63) is 57.4 Å².